The molecular formula is C14H22BO2S. The molecule has 1 aromatic carbocycles. The largest absolute Gasteiger partial charge is 0.552 e. The molecule has 18 heavy (non-hydrogen) atoms. The van der Waals surface area contributed by atoms with Crippen molar-refractivity contribution >= 4 is 19.2 Å². The molecule has 1 radical (unpaired) electrons. The summed E-state index contributed by atoms with van der Waals surface area (Å²) in [6, 6.07) is 3.92. The van der Waals surface area contributed by atoms with Crippen molar-refractivity contribution in [2.45, 2.75) is 34.6 Å². The molecule has 99 valence electrons. The van der Waals surface area contributed by atoms with Crippen molar-refractivity contribution in [3.8, 4) is 11.5 Å². The topological polar surface area (TPSA) is 18.5 Å². The van der Waals surface area contributed by atoms with E-state index < -0.39 is 0 Å². The van der Waals surface area contributed by atoms with Crippen molar-refractivity contribution in [3.05, 3.63) is 35.4 Å². The first-order valence-electron chi connectivity index (χ1n) is 6.16. The Morgan fingerprint density at radius 1 is 1.22 bits per heavy atom. The Bertz CT molecular complexity index is 355. The summed E-state index contributed by atoms with van der Waals surface area (Å²) in [5, 5.41) is 0. The smallest absolute Gasteiger partial charge is 0.447 e. The van der Waals surface area contributed by atoms with Gasteiger partial charge in [-0.3, -0.25) is 0 Å². The third-order valence-electron chi connectivity index (χ3n) is 2.19. The number of hydrogen-bond donors (Lipinski definition) is 1. The molecule has 0 amide bonds. The molecule has 0 N–H and O–H groups in total. The Labute approximate surface area is 117 Å². The Hall–Kier alpha value is -1.03. The third kappa shape index (κ3) is 5.54. The van der Waals surface area contributed by atoms with E-state index >= 15 is 0 Å². The first kappa shape index (κ1) is 17.0. The lowest BCUT2D eigenvalue weighted by atomic mass is 10.1. The summed E-state index contributed by atoms with van der Waals surface area (Å²) in [7, 11) is 0. The van der Waals surface area contributed by atoms with Crippen LogP contribution >= 0.6 is 12.5 Å². The molecule has 0 saturated heterocycles. The molecule has 0 bridgehead atoms. The second-order valence-electron chi connectivity index (χ2n) is 3.49. The van der Waals surface area contributed by atoms with Gasteiger partial charge < -0.3 is 9.39 Å². The number of thiol groups is 1. The highest BCUT2D eigenvalue weighted by Crippen LogP contribution is 2.28. The van der Waals surface area contributed by atoms with Crippen LogP contribution in [0.25, 0.3) is 0 Å². The summed E-state index contributed by atoms with van der Waals surface area (Å²) >= 11 is 3.93. The van der Waals surface area contributed by atoms with Crippen LogP contribution in [0, 0.1) is 13.8 Å². The van der Waals surface area contributed by atoms with Gasteiger partial charge in [0.2, 0.25) is 0 Å². The van der Waals surface area contributed by atoms with Crippen LogP contribution in [-0.4, -0.2) is 13.4 Å². The van der Waals surface area contributed by atoms with Crippen molar-refractivity contribution in [2.75, 3.05) is 6.61 Å². The number of ether oxygens (including phenoxy) is 1. The molecule has 0 atom stereocenters. The van der Waals surface area contributed by atoms with Crippen molar-refractivity contribution in [3.63, 3.8) is 0 Å². The maximum absolute atomic E-state index is 5.57. The number of aryl methyl sites for hydroxylation is 2. The van der Waals surface area contributed by atoms with Gasteiger partial charge in [-0.2, -0.15) is 12.5 Å². The Morgan fingerprint density at radius 3 is 2.22 bits per heavy atom. The number of allylic oxidation sites excluding steroid dienone is 1. The van der Waals surface area contributed by atoms with E-state index in [4.69, 9.17) is 9.39 Å². The van der Waals surface area contributed by atoms with Crippen LogP contribution < -0.4 is 9.39 Å². The van der Waals surface area contributed by atoms with Gasteiger partial charge in [0.1, 0.15) is 18.1 Å². The van der Waals surface area contributed by atoms with Crippen LogP contribution in [0.3, 0.4) is 0 Å². The molecule has 1 rings (SSSR count). The highest BCUT2D eigenvalue weighted by molar-refractivity contribution is 8.06. The number of hydrogen-bond acceptors (Lipinski definition) is 3. The summed E-state index contributed by atoms with van der Waals surface area (Å²) in [5.41, 5.74) is 2.08. The molecule has 1 aromatic rings. The van der Waals surface area contributed by atoms with Crippen LogP contribution in [0.2, 0.25) is 0 Å². The number of rotatable bonds is 5. The van der Waals surface area contributed by atoms with Crippen LogP contribution in [0.5, 0.6) is 11.5 Å². The standard InChI is InChI=1S/C12H16BO2S.C2H6/c1-4-5-6-14-11-7-9(2)12(15-13-16)10(3)8-11;1-2/h4-5,7-8,16H,6H2,1-3H3;1-2H3/b5-4+;. The van der Waals surface area contributed by atoms with Crippen molar-refractivity contribution in [2.24, 2.45) is 0 Å². The Kier molecular flexibility index (Phi) is 9.38. The fraction of sp³-hybridized carbons (Fsp3) is 0.429. The summed E-state index contributed by atoms with van der Waals surface area (Å²) < 4.78 is 10.9. The monoisotopic (exact) mass is 265 g/mol. The minimum atomic E-state index is 0.592. The van der Waals surface area contributed by atoms with Gasteiger partial charge >= 0.3 is 6.76 Å². The van der Waals surface area contributed by atoms with Gasteiger partial charge in [0.05, 0.1) is 0 Å². The molecule has 0 spiro atoms. The maximum Gasteiger partial charge on any atom is 0.447 e. The first-order chi connectivity index (χ1) is 8.69. The van der Waals surface area contributed by atoms with Crippen molar-refractivity contribution in [1.29, 1.82) is 0 Å². The van der Waals surface area contributed by atoms with Gasteiger partial charge in [-0.05, 0) is 44.0 Å². The minimum Gasteiger partial charge on any atom is -0.552 e. The highest BCUT2D eigenvalue weighted by atomic mass is 32.1. The minimum absolute atomic E-state index is 0.592. The van der Waals surface area contributed by atoms with Gasteiger partial charge in [-0.15, -0.1) is 0 Å². The van der Waals surface area contributed by atoms with E-state index in [2.05, 4.69) is 12.5 Å². The second kappa shape index (κ2) is 9.95. The summed E-state index contributed by atoms with van der Waals surface area (Å²) in [4.78, 5) is 0. The number of benzene rings is 1. The average molecular weight is 265 g/mol. The predicted molar refractivity (Wildman–Crippen MR) is 82.9 cm³/mol. The van der Waals surface area contributed by atoms with E-state index in [9.17, 15) is 0 Å². The van der Waals surface area contributed by atoms with Crippen LogP contribution in [0.15, 0.2) is 24.3 Å². The van der Waals surface area contributed by atoms with Gasteiger partial charge in [-0.1, -0.05) is 26.0 Å². The first-order valence-corrected chi connectivity index (χ1v) is 6.68. The molecule has 0 aliphatic carbocycles. The predicted octanol–water partition coefficient (Wildman–Crippen LogP) is 4.13. The van der Waals surface area contributed by atoms with Gasteiger partial charge in [0.15, 0.2) is 0 Å². The summed E-state index contributed by atoms with van der Waals surface area (Å²) in [6.07, 6.45) is 3.93. The molecule has 0 aliphatic rings. The van der Waals surface area contributed by atoms with E-state index in [1.807, 2.05) is 58.9 Å². The Balaban J connectivity index is 0.00000137. The second-order valence-corrected chi connectivity index (χ2v) is 3.70. The van der Waals surface area contributed by atoms with Crippen LogP contribution in [0.4, 0.5) is 0 Å². The zero-order chi connectivity index (χ0) is 14.0. The average Bonchev–Trinajstić information content (AvgIpc) is 2.37. The molecule has 0 aliphatic heterocycles. The summed E-state index contributed by atoms with van der Waals surface area (Å²) in [5.74, 6) is 1.70. The SMILES string of the molecule is C/C=C/COc1cc(C)c(O[B]S)c(C)c1.CC. The third-order valence-corrected chi connectivity index (χ3v) is 2.29. The molecule has 0 saturated carbocycles. The molecular weight excluding hydrogens is 243 g/mol. The van der Waals surface area contributed by atoms with Gasteiger partial charge in [0, 0.05) is 0 Å². The van der Waals surface area contributed by atoms with Crippen LogP contribution in [-0.2, 0) is 0 Å². The van der Waals surface area contributed by atoms with Crippen LogP contribution in [0.1, 0.15) is 31.9 Å². The van der Waals surface area contributed by atoms with E-state index in [-0.39, 0.29) is 0 Å². The normalized spacial score (nSPS) is 9.67. The van der Waals surface area contributed by atoms with E-state index in [0.29, 0.717) is 6.61 Å². The zero-order valence-electron chi connectivity index (χ0n) is 11.9. The lowest BCUT2D eigenvalue weighted by Crippen LogP contribution is -2.00. The van der Waals surface area contributed by atoms with E-state index in [1.165, 1.54) is 6.76 Å². The molecule has 0 unspecified atom stereocenters. The fourth-order valence-corrected chi connectivity index (χ4v) is 1.58. The highest BCUT2D eigenvalue weighted by Gasteiger charge is 2.06. The van der Waals surface area contributed by atoms with Gasteiger partial charge in [0.25, 0.3) is 0 Å². The molecule has 4 heteroatoms. The Morgan fingerprint density at radius 2 is 1.78 bits per heavy atom. The zero-order valence-corrected chi connectivity index (χ0v) is 12.8. The molecule has 0 heterocycles. The van der Waals surface area contributed by atoms with E-state index in [1.54, 1.807) is 0 Å². The lowest BCUT2D eigenvalue weighted by molar-refractivity contribution is 0.361. The van der Waals surface area contributed by atoms with Crippen molar-refractivity contribution in [1.82, 2.24) is 0 Å². The maximum atomic E-state index is 5.57. The quantitative estimate of drug-likeness (QED) is 0.490. The van der Waals surface area contributed by atoms with Crippen molar-refractivity contribution < 1.29 is 9.39 Å². The molecule has 0 fully saturated rings. The fourth-order valence-electron chi connectivity index (χ4n) is 1.47. The summed E-state index contributed by atoms with van der Waals surface area (Å²) in [6.45, 7) is 11.9. The molecule has 0 aromatic heterocycles. The van der Waals surface area contributed by atoms with E-state index in [0.717, 1.165) is 22.6 Å². The molecule has 2 nitrogen and oxygen atoms in total. The lowest BCUT2D eigenvalue weighted by Gasteiger charge is -2.12. The van der Waals surface area contributed by atoms with Gasteiger partial charge in [-0.25, -0.2) is 0 Å².